The summed E-state index contributed by atoms with van der Waals surface area (Å²) in [5.41, 5.74) is 4.58. The predicted molar refractivity (Wildman–Crippen MR) is 125 cm³/mol. The number of hydrogen-bond donors (Lipinski definition) is 0. The molecule has 7 nitrogen and oxygen atoms in total. The van der Waals surface area contributed by atoms with Gasteiger partial charge in [0.15, 0.2) is 0 Å². The van der Waals surface area contributed by atoms with Crippen LogP contribution in [0.15, 0.2) is 47.0 Å². The molecule has 2 aromatic carbocycles. The number of carbonyl (C=O) groups excluding carboxylic acids is 2. The van der Waals surface area contributed by atoms with Crippen molar-refractivity contribution >= 4 is 17.6 Å². The Hall–Kier alpha value is -3.48. The molecule has 1 aromatic heterocycles. The van der Waals surface area contributed by atoms with Gasteiger partial charge >= 0.3 is 6.03 Å². The number of nitrogens with zero attached hydrogens (tertiary/aromatic N) is 4. The van der Waals surface area contributed by atoms with E-state index in [1.165, 1.54) is 4.90 Å². The van der Waals surface area contributed by atoms with E-state index in [1.54, 1.807) is 4.90 Å². The largest absolute Gasteiger partial charge is 0.337 e. The van der Waals surface area contributed by atoms with E-state index in [9.17, 15) is 9.59 Å². The number of anilines is 1. The Bertz CT molecular complexity index is 1200. The van der Waals surface area contributed by atoms with Gasteiger partial charge in [-0.15, -0.1) is 0 Å². The summed E-state index contributed by atoms with van der Waals surface area (Å²) in [5, 5.41) is 4.12. The van der Waals surface area contributed by atoms with E-state index in [4.69, 9.17) is 4.52 Å². The fraction of sp³-hybridized carbons (Fsp3) is 0.385. The molecule has 2 unspecified atom stereocenters. The fourth-order valence-corrected chi connectivity index (χ4v) is 4.95. The number of aromatic nitrogens is 2. The van der Waals surface area contributed by atoms with Crippen LogP contribution in [-0.4, -0.2) is 33.0 Å². The van der Waals surface area contributed by atoms with Gasteiger partial charge in [-0.05, 0) is 50.8 Å². The quantitative estimate of drug-likeness (QED) is 0.553. The van der Waals surface area contributed by atoms with Gasteiger partial charge < -0.3 is 9.42 Å². The highest BCUT2D eigenvalue weighted by Crippen LogP contribution is 2.38. The zero-order valence-electron chi connectivity index (χ0n) is 19.2. The smallest absolute Gasteiger partial charge is 0.332 e. The first kappa shape index (κ1) is 21.4. The molecule has 0 bridgehead atoms. The van der Waals surface area contributed by atoms with E-state index in [0.29, 0.717) is 17.4 Å². The van der Waals surface area contributed by atoms with Crippen molar-refractivity contribution in [3.63, 3.8) is 0 Å². The third-order valence-corrected chi connectivity index (χ3v) is 6.79. The van der Waals surface area contributed by atoms with Crippen LogP contribution in [0.25, 0.3) is 11.4 Å². The molecule has 1 saturated carbocycles. The van der Waals surface area contributed by atoms with Crippen molar-refractivity contribution in [2.75, 3.05) is 4.90 Å². The molecule has 3 aromatic rings. The number of urea groups is 1. The minimum atomic E-state index is -0.313. The van der Waals surface area contributed by atoms with Crippen molar-refractivity contribution in [1.29, 1.82) is 0 Å². The lowest BCUT2D eigenvalue weighted by molar-refractivity contribution is -0.127. The zero-order chi connectivity index (χ0) is 23.1. The van der Waals surface area contributed by atoms with Crippen LogP contribution in [0.4, 0.5) is 10.5 Å². The summed E-state index contributed by atoms with van der Waals surface area (Å²) in [6.07, 6.45) is 3.59. The molecule has 1 aliphatic heterocycles. The van der Waals surface area contributed by atoms with Crippen LogP contribution in [0.1, 0.15) is 48.3 Å². The summed E-state index contributed by atoms with van der Waals surface area (Å²) in [5.74, 6) is 0.562. The molecule has 2 aliphatic rings. The molecule has 7 heteroatoms. The van der Waals surface area contributed by atoms with Gasteiger partial charge in [-0.3, -0.25) is 4.79 Å². The zero-order valence-corrected chi connectivity index (χ0v) is 19.2. The summed E-state index contributed by atoms with van der Waals surface area (Å²) >= 11 is 0. The second kappa shape index (κ2) is 8.46. The van der Waals surface area contributed by atoms with Gasteiger partial charge in [0, 0.05) is 11.6 Å². The van der Waals surface area contributed by atoms with Crippen LogP contribution in [0.5, 0.6) is 0 Å². The van der Waals surface area contributed by atoms with Crippen molar-refractivity contribution in [1.82, 2.24) is 15.0 Å². The number of amides is 3. The molecule has 0 spiro atoms. The van der Waals surface area contributed by atoms with Crippen molar-refractivity contribution in [3.05, 3.63) is 65.0 Å². The third-order valence-electron chi connectivity index (χ3n) is 6.79. The number of hydrogen-bond acceptors (Lipinski definition) is 5. The first-order chi connectivity index (χ1) is 15.9. The first-order valence-corrected chi connectivity index (χ1v) is 11.5. The normalized spacial score (nSPS) is 20.8. The molecule has 2 atom stereocenters. The lowest BCUT2D eigenvalue weighted by Gasteiger charge is -2.46. The predicted octanol–water partition coefficient (Wildman–Crippen LogP) is 5.19. The Morgan fingerprint density at radius 3 is 2.48 bits per heavy atom. The maximum Gasteiger partial charge on any atom is 0.332 e. The molecule has 33 heavy (non-hydrogen) atoms. The van der Waals surface area contributed by atoms with Crippen molar-refractivity contribution in [3.8, 4) is 11.4 Å². The number of rotatable bonds is 4. The van der Waals surface area contributed by atoms with Gasteiger partial charge in [-0.2, -0.15) is 4.98 Å². The Morgan fingerprint density at radius 2 is 1.70 bits per heavy atom. The summed E-state index contributed by atoms with van der Waals surface area (Å²) in [6, 6.07) is 13.3. The first-order valence-electron chi connectivity index (χ1n) is 11.5. The van der Waals surface area contributed by atoms with Gasteiger partial charge in [-0.1, -0.05) is 60.0 Å². The van der Waals surface area contributed by atoms with Crippen LogP contribution in [-0.2, 0) is 11.3 Å². The summed E-state index contributed by atoms with van der Waals surface area (Å²) in [4.78, 5) is 34.9. The van der Waals surface area contributed by atoms with Crippen molar-refractivity contribution in [2.45, 2.75) is 59.0 Å². The Morgan fingerprint density at radius 1 is 0.970 bits per heavy atom. The summed E-state index contributed by atoms with van der Waals surface area (Å²) in [6.45, 7) is 6.11. The molecule has 170 valence electrons. The van der Waals surface area contributed by atoms with E-state index in [0.717, 1.165) is 47.9 Å². The van der Waals surface area contributed by atoms with Crippen LogP contribution in [0.2, 0.25) is 0 Å². The maximum atomic E-state index is 13.7. The van der Waals surface area contributed by atoms with Crippen molar-refractivity contribution < 1.29 is 14.1 Å². The lowest BCUT2D eigenvalue weighted by Crippen LogP contribution is -2.62. The average molecular weight is 445 g/mol. The van der Waals surface area contributed by atoms with Gasteiger partial charge in [0.1, 0.15) is 6.54 Å². The molecule has 0 radical (unpaired) electrons. The van der Waals surface area contributed by atoms with E-state index in [1.807, 2.05) is 63.2 Å². The molecule has 1 saturated heterocycles. The SMILES string of the molecule is Cc1ccc(-c2noc(CN3C(=O)N(c4cc(C)ccc4C)C(=O)C4CCCCC43)n2)cc1. The van der Waals surface area contributed by atoms with Gasteiger partial charge in [0.25, 0.3) is 0 Å². The van der Waals surface area contributed by atoms with Crippen LogP contribution < -0.4 is 4.90 Å². The minimum absolute atomic E-state index is 0.0967. The van der Waals surface area contributed by atoms with Crippen LogP contribution in [0.3, 0.4) is 0 Å². The van der Waals surface area contributed by atoms with Gasteiger partial charge in [-0.25, -0.2) is 9.69 Å². The van der Waals surface area contributed by atoms with Crippen LogP contribution in [0, 0.1) is 26.7 Å². The molecule has 5 rings (SSSR count). The van der Waals surface area contributed by atoms with Crippen molar-refractivity contribution in [2.24, 2.45) is 5.92 Å². The number of benzene rings is 2. The number of carbonyl (C=O) groups is 2. The van der Waals surface area contributed by atoms with E-state index in [2.05, 4.69) is 10.1 Å². The maximum absolute atomic E-state index is 13.7. The molecule has 3 amide bonds. The highest BCUT2D eigenvalue weighted by atomic mass is 16.5. The Labute approximate surface area is 193 Å². The van der Waals surface area contributed by atoms with E-state index in [-0.39, 0.29) is 30.4 Å². The number of imide groups is 1. The molecule has 1 aliphatic carbocycles. The molecule has 2 heterocycles. The third kappa shape index (κ3) is 3.92. The second-order valence-electron chi connectivity index (χ2n) is 9.21. The fourth-order valence-electron chi connectivity index (χ4n) is 4.95. The highest BCUT2D eigenvalue weighted by molar-refractivity contribution is 6.17. The Kier molecular flexibility index (Phi) is 5.48. The minimum Gasteiger partial charge on any atom is -0.337 e. The number of fused-ring (bicyclic) bond motifs is 1. The summed E-state index contributed by atoms with van der Waals surface area (Å²) < 4.78 is 5.53. The second-order valence-corrected chi connectivity index (χ2v) is 9.21. The Balaban J connectivity index is 1.48. The standard InChI is InChI=1S/C26H28N4O3/c1-16-9-12-19(13-10-16)24-27-23(33-28-24)15-29-21-7-5-4-6-20(21)25(31)30(26(29)32)22-14-17(2)8-11-18(22)3/h8-14,20-21H,4-7,15H2,1-3H3. The summed E-state index contributed by atoms with van der Waals surface area (Å²) in [7, 11) is 0. The molecular weight excluding hydrogens is 416 g/mol. The highest BCUT2D eigenvalue weighted by Gasteiger charge is 2.48. The van der Waals surface area contributed by atoms with E-state index < -0.39 is 0 Å². The molecular formula is C26H28N4O3. The van der Waals surface area contributed by atoms with Crippen LogP contribution >= 0.6 is 0 Å². The molecule has 2 fully saturated rings. The van der Waals surface area contributed by atoms with Gasteiger partial charge in [0.2, 0.25) is 17.6 Å². The van der Waals surface area contributed by atoms with Gasteiger partial charge in [0.05, 0.1) is 11.6 Å². The topological polar surface area (TPSA) is 79.5 Å². The lowest BCUT2D eigenvalue weighted by atomic mass is 9.81. The monoisotopic (exact) mass is 444 g/mol. The average Bonchev–Trinajstić information content (AvgIpc) is 3.28. The van der Waals surface area contributed by atoms with E-state index >= 15 is 0 Å². The molecule has 0 N–H and O–H groups in total. The number of aryl methyl sites for hydroxylation is 3.